The van der Waals surface area contributed by atoms with E-state index in [2.05, 4.69) is 107 Å². The first-order valence-electron chi connectivity index (χ1n) is 9.31. The second-order valence-corrected chi connectivity index (χ2v) is 9.08. The lowest BCUT2D eigenvalue weighted by atomic mass is 9.96. The van der Waals surface area contributed by atoms with Crippen molar-refractivity contribution >= 4 is 69.0 Å². The predicted molar refractivity (Wildman–Crippen MR) is 127 cm³/mol. The van der Waals surface area contributed by atoms with E-state index in [0.29, 0.717) is 0 Å². The van der Waals surface area contributed by atoms with Crippen molar-refractivity contribution in [2.24, 2.45) is 0 Å². The van der Waals surface area contributed by atoms with Crippen LogP contribution in [0.15, 0.2) is 95.5 Å². The zero-order valence-electron chi connectivity index (χ0n) is 14.9. The van der Waals surface area contributed by atoms with Gasteiger partial charge in [-0.15, -0.1) is 11.3 Å². The highest BCUT2D eigenvalue weighted by molar-refractivity contribution is 9.10. The van der Waals surface area contributed by atoms with Gasteiger partial charge in [0, 0.05) is 30.0 Å². The van der Waals surface area contributed by atoms with Gasteiger partial charge < -0.3 is 0 Å². The molecule has 0 aliphatic rings. The van der Waals surface area contributed by atoms with Gasteiger partial charge in [0.25, 0.3) is 0 Å². The SMILES string of the molecule is Brc1ccc(-c2ccc3sc4c5ccccc5c5ccccc5c4c3c2)cc1. The smallest absolute Gasteiger partial charge is 0.0440 e. The third kappa shape index (κ3) is 2.35. The summed E-state index contributed by atoms with van der Waals surface area (Å²) in [4.78, 5) is 0. The molecule has 0 saturated heterocycles. The van der Waals surface area contributed by atoms with Gasteiger partial charge in [0.1, 0.15) is 0 Å². The van der Waals surface area contributed by atoms with E-state index in [4.69, 9.17) is 0 Å². The molecule has 2 heteroatoms. The van der Waals surface area contributed by atoms with E-state index in [-0.39, 0.29) is 0 Å². The minimum absolute atomic E-state index is 1.11. The molecule has 0 N–H and O–H groups in total. The summed E-state index contributed by atoms with van der Waals surface area (Å²) in [5.74, 6) is 0. The fourth-order valence-electron chi connectivity index (χ4n) is 4.23. The molecule has 0 atom stereocenters. The molecule has 1 aromatic heterocycles. The van der Waals surface area contributed by atoms with Crippen LogP contribution in [0.5, 0.6) is 0 Å². The summed E-state index contributed by atoms with van der Waals surface area (Å²) in [6.07, 6.45) is 0. The minimum atomic E-state index is 1.11. The van der Waals surface area contributed by atoms with Crippen molar-refractivity contribution in [3.8, 4) is 11.1 Å². The number of hydrogen-bond acceptors (Lipinski definition) is 1. The molecule has 28 heavy (non-hydrogen) atoms. The number of halogens is 1. The number of thiophene rings is 1. The molecule has 5 aromatic carbocycles. The van der Waals surface area contributed by atoms with Crippen LogP contribution in [0, 0.1) is 0 Å². The van der Waals surface area contributed by atoms with Gasteiger partial charge in [-0.05, 0) is 51.6 Å². The monoisotopic (exact) mass is 438 g/mol. The van der Waals surface area contributed by atoms with E-state index >= 15 is 0 Å². The lowest BCUT2D eigenvalue weighted by molar-refractivity contribution is 1.62. The van der Waals surface area contributed by atoms with E-state index in [1.165, 1.54) is 52.8 Å². The Morgan fingerprint density at radius 2 is 1.14 bits per heavy atom. The Bertz CT molecular complexity index is 1510. The first-order chi connectivity index (χ1) is 13.8. The quantitative estimate of drug-likeness (QED) is 0.225. The van der Waals surface area contributed by atoms with Crippen molar-refractivity contribution < 1.29 is 0 Å². The molecule has 0 unspecified atom stereocenters. The molecular formula is C26H15BrS. The third-order valence-corrected chi connectivity index (χ3v) is 7.26. The van der Waals surface area contributed by atoms with Crippen molar-refractivity contribution in [1.82, 2.24) is 0 Å². The van der Waals surface area contributed by atoms with Crippen LogP contribution in [-0.2, 0) is 0 Å². The summed E-state index contributed by atoms with van der Waals surface area (Å²) in [5.41, 5.74) is 2.51. The van der Waals surface area contributed by atoms with Crippen LogP contribution >= 0.6 is 27.3 Å². The van der Waals surface area contributed by atoms with E-state index < -0.39 is 0 Å². The van der Waals surface area contributed by atoms with E-state index in [1.54, 1.807) is 0 Å². The second-order valence-electron chi connectivity index (χ2n) is 7.12. The Morgan fingerprint density at radius 3 is 1.89 bits per heavy atom. The van der Waals surface area contributed by atoms with Gasteiger partial charge in [0.15, 0.2) is 0 Å². The molecular weight excluding hydrogens is 424 g/mol. The minimum Gasteiger partial charge on any atom is -0.135 e. The zero-order valence-corrected chi connectivity index (χ0v) is 17.3. The molecule has 0 aliphatic heterocycles. The Kier molecular flexibility index (Phi) is 3.59. The summed E-state index contributed by atoms with van der Waals surface area (Å²) in [6, 6.07) is 33.0. The average molecular weight is 439 g/mol. The fourth-order valence-corrected chi connectivity index (χ4v) is 5.73. The summed E-state index contributed by atoms with van der Waals surface area (Å²) < 4.78 is 3.84. The van der Waals surface area contributed by atoms with Crippen LogP contribution in [0.4, 0.5) is 0 Å². The summed E-state index contributed by atoms with van der Waals surface area (Å²) in [6.45, 7) is 0. The van der Waals surface area contributed by atoms with Gasteiger partial charge >= 0.3 is 0 Å². The van der Waals surface area contributed by atoms with E-state index in [1.807, 2.05) is 11.3 Å². The number of hydrogen-bond donors (Lipinski definition) is 0. The van der Waals surface area contributed by atoms with E-state index in [9.17, 15) is 0 Å². The van der Waals surface area contributed by atoms with Gasteiger partial charge in [0.2, 0.25) is 0 Å². The Labute approximate surface area is 175 Å². The molecule has 1 heterocycles. The topological polar surface area (TPSA) is 0 Å². The van der Waals surface area contributed by atoms with Crippen LogP contribution < -0.4 is 0 Å². The number of rotatable bonds is 1. The van der Waals surface area contributed by atoms with Crippen LogP contribution in [0.2, 0.25) is 0 Å². The van der Waals surface area contributed by atoms with Gasteiger partial charge in [-0.3, -0.25) is 0 Å². The summed E-state index contributed by atoms with van der Waals surface area (Å²) >= 11 is 5.44. The molecule has 0 amide bonds. The van der Waals surface area contributed by atoms with Gasteiger partial charge in [0.05, 0.1) is 0 Å². The molecule has 132 valence electrons. The highest BCUT2D eigenvalue weighted by atomic mass is 79.9. The highest BCUT2D eigenvalue weighted by Gasteiger charge is 2.14. The van der Waals surface area contributed by atoms with Crippen molar-refractivity contribution in [3.05, 3.63) is 95.5 Å². The predicted octanol–water partition coefficient (Wildman–Crippen LogP) is 8.79. The lowest BCUT2D eigenvalue weighted by Crippen LogP contribution is -1.80. The summed E-state index contributed by atoms with van der Waals surface area (Å²) in [5, 5.41) is 8.10. The van der Waals surface area contributed by atoms with Crippen molar-refractivity contribution in [2.75, 3.05) is 0 Å². The molecule has 6 rings (SSSR count). The lowest BCUT2D eigenvalue weighted by Gasteiger charge is -2.07. The molecule has 0 spiro atoms. The van der Waals surface area contributed by atoms with Crippen LogP contribution in [0.1, 0.15) is 0 Å². The standard InChI is InChI=1S/C26H15BrS/c27-18-12-9-16(10-13-18)17-11-14-24-23(15-17)25-21-7-3-1-5-19(21)20-6-2-4-8-22(20)26(25)28-24/h1-15H. The third-order valence-electron chi connectivity index (χ3n) is 5.52. The zero-order chi connectivity index (χ0) is 18.7. The van der Waals surface area contributed by atoms with Crippen LogP contribution in [0.3, 0.4) is 0 Å². The molecule has 0 fully saturated rings. The fraction of sp³-hybridized carbons (Fsp3) is 0. The van der Waals surface area contributed by atoms with Gasteiger partial charge in [-0.25, -0.2) is 0 Å². The van der Waals surface area contributed by atoms with Gasteiger partial charge in [-0.1, -0.05) is 82.7 Å². The Morgan fingerprint density at radius 1 is 0.536 bits per heavy atom. The maximum atomic E-state index is 3.54. The van der Waals surface area contributed by atoms with Crippen molar-refractivity contribution in [1.29, 1.82) is 0 Å². The van der Waals surface area contributed by atoms with Crippen LogP contribution in [0.25, 0.3) is 52.8 Å². The molecule has 0 aliphatic carbocycles. The van der Waals surface area contributed by atoms with E-state index in [0.717, 1.165) is 4.47 Å². The normalized spacial score (nSPS) is 11.8. The maximum Gasteiger partial charge on any atom is 0.0440 e. The van der Waals surface area contributed by atoms with Crippen molar-refractivity contribution in [2.45, 2.75) is 0 Å². The highest BCUT2D eigenvalue weighted by Crippen LogP contribution is 2.44. The first kappa shape index (κ1) is 16.3. The average Bonchev–Trinajstić information content (AvgIpc) is 3.14. The molecule has 0 bridgehead atoms. The maximum absolute atomic E-state index is 3.54. The largest absolute Gasteiger partial charge is 0.135 e. The second kappa shape index (κ2) is 6.16. The number of fused-ring (bicyclic) bond motifs is 8. The first-order valence-corrected chi connectivity index (χ1v) is 10.9. The van der Waals surface area contributed by atoms with Crippen molar-refractivity contribution in [3.63, 3.8) is 0 Å². The Hall–Kier alpha value is -2.68. The molecule has 0 nitrogen and oxygen atoms in total. The number of benzene rings is 5. The van der Waals surface area contributed by atoms with Gasteiger partial charge in [-0.2, -0.15) is 0 Å². The molecule has 0 radical (unpaired) electrons. The molecule has 6 aromatic rings. The molecule has 0 saturated carbocycles. The van der Waals surface area contributed by atoms with Crippen LogP contribution in [-0.4, -0.2) is 0 Å². The summed E-state index contributed by atoms with van der Waals surface area (Å²) in [7, 11) is 0. The Balaban J connectivity index is 1.78.